The van der Waals surface area contributed by atoms with E-state index in [2.05, 4.69) is 17.4 Å². The molecule has 0 radical (unpaired) electrons. The third-order valence-electron chi connectivity index (χ3n) is 3.70. The molecule has 2 rings (SSSR count). The van der Waals surface area contributed by atoms with Crippen molar-refractivity contribution < 1.29 is 5.11 Å². The Morgan fingerprint density at radius 3 is 2.88 bits per heavy atom. The van der Waals surface area contributed by atoms with Gasteiger partial charge in [-0.3, -0.25) is 0 Å². The number of rotatable bonds is 5. The Hall–Kier alpha value is -0.900. The van der Waals surface area contributed by atoms with Crippen molar-refractivity contribution in [2.75, 3.05) is 6.54 Å². The van der Waals surface area contributed by atoms with Crippen LogP contribution in [0.4, 0.5) is 0 Å². The van der Waals surface area contributed by atoms with E-state index in [0.29, 0.717) is 12.0 Å². The molecule has 94 valence electrons. The summed E-state index contributed by atoms with van der Waals surface area (Å²) in [6.45, 7) is 1.77. The van der Waals surface area contributed by atoms with Crippen molar-refractivity contribution in [2.45, 2.75) is 38.5 Å². The van der Waals surface area contributed by atoms with Gasteiger partial charge >= 0.3 is 0 Å². The Morgan fingerprint density at radius 2 is 2.12 bits per heavy atom. The maximum Gasteiger partial charge on any atom is 0.0681 e. The summed E-state index contributed by atoms with van der Waals surface area (Å²) in [6.07, 6.45) is 3.78. The molecule has 0 amide bonds. The molecule has 3 nitrogen and oxygen atoms in total. The summed E-state index contributed by atoms with van der Waals surface area (Å²) in [5.74, 6) is 0.635. The molecule has 0 saturated heterocycles. The highest BCUT2D eigenvalue weighted by atomic mass is 16.3. The molecule has 0 aromatic heterocycles. The van der Waals surface area contributed by atoms with Gasteiger partial charge in [-0.2, -0.15) is 0 Å². The van der Waals surface area contributed by atoms with Crippen molar-refractivity contribution in [1.82, 2.24) is 5.32 Å². The quantitative estimate of drug-likeness (QED) is 0.721. The first-order chi connectivity index (χ1) is 8.33. The summed E-state index contributed by atoms with van der Waals surface area (Å²) in [6, 6.07) is 8.66. The van der Waals surface area contributed by atoms with Crippen molar-refractivity contribution in [1.29, 1.82) is 0 Å². The highest BCUT2D eigenvalue weighted by Gasteiger charge is 2.25. The van der Waals surface area contributed by atoms with Crippen LogP contribution >= 0.6 is 0 Å². The van der Waals surface area contributed by atoms with Gasteiger partial charge in [-0.05, 0) is 36.4 Å². The van der Waals surface area contributed by atoms with E-state index in [1.54, 1.807) is 0 Å². The molecule has 1 aromatic rings. The summed E-state index contributed by atoms with van der Waals surface area (Å²) >= 11 is 0. The molecule has 1 saturated carbocycles. The lowest BCUT2D eigenvalue weighted by atomic mass is 10.0. The van der Waals surface area contributed by atoms with Gasteiger partial charge in [0.2, 0.25) is 0 Å². The van der Waals surface area contributed by atoms with Gasteiger partial charge in [0.05, 0.1) is 6.61 Å². The maximum absolute atomic E-state index is 9.08. The number of nitrogens with one attached hydrogen (secondary N) is 1. The lowest BCUT2D eigenvalue weighted by Crippen LogP contribution is -2.35. The first-order valence-electron chi connectivity index (χ1n) is 6.45. The van der Waals surface area contributed by atoms with Crippen molar-refractivity contribution in [2.24, 2.45) is 11.7 Å². The van der Waals surface area contributed by atoms with Gasteiger partial charge in [-0.15, -0.1) is 0 Å². The Balaban J connectivity index is 1.88. The van der Waals surface area contributed by atoms with Crippen molar-refractivity contribution in [3.8, 4) is 0 Å². The average molecular weight is 234 g/mol. The van der Waals surface area contributed by atoms with Crippen LogP contribution in [0.15, 0.2) is 24.3 Å². The molecular weight excluding hydrogens is 212 g/mol. The van der Waals surface area contributed by atoms with E-state index in [-0.39, 0.29) is 6.61 Å². The smallest absolute Gasteiger partial charge is 0.0681 e. The van der Waals surface area contributed by atoms with E-state index < -0.39 is 0 Å². The lowest BCUT2D eigenvalue weighted by molar-refractivity contribution is 0.281. The monoisotopic (exact) mass is 234 g/mol. The minimum absolute atomic E-state index is 0.114. The van der Waals surface area contributed by atoms with E-state index in [4.69, 9.17) is 10.8 Å². The molecule has 0 aliphatic heterocycles. The van der Waals surface area contributed by atoms with Crippen LogP contribution in [0.3, 0.4) is 0 Å². The second kappa shape index (κ2) is 6.15. The predicted octanol–water partition coefficient (Wildman–Crippen LogP) is 1.40. The molecule has 1 fully saturated rings. The molecule has 1 aliphatic carbocycles. The topological polar surface area (TPSA) is 58.3 Å². The third-order valence-corrected chi connectivity index (χ3v) is 3.70. The zero-order valence-electron chi connectivity index (χ0n) is 10.2. The normalized spacial score (nSPS) is 24.1. The van der Waals surface area contributed by atoms with E-state index >= 15 is 0 Å². The number of aliphatic hydroxyl groups is 1. The predicted molar refractivity (Wildman–Crippen MR) is 69.4 cm³/mol. The first kappa shape index (κ1) is 12.6. The Bertz CT molecular complexity index is 354. The maximum atomic E-state index is 9.08. The molecule has 3 heteroatoms. The number of benzene rings is 1. The highest BCUT2D eigenvalue weighted by molar-refractivity contribution is 5.22. The zero-order chi connectivity index (χ0) is 12.1. The van der Waals surface area contributed by atoms with Gasteiger partial charge in [0, 0.05) is 12.6 Å². The molecule has 2 atom stereocenters. The molecule has 4 N–H and O–H groups in total. The van der Waals surface area contributed by atoms with Gasteiger partial charge in [0.1, 0.15) is 0 Å². The standard InChI is InChI=1S/C14H22N2O/c15-8-13-5-2-6-14(13)16-9-11-3-1-4-12(7-11)10-17/h1,3-4,7,13-14,16-17H,2,5-6,8-10,15H2. The second-order valence-electron chi connectivity index (χ2n) is 4.89. The lowest BCUT2D eigenvalue weighted by Gasteiger charge is -2.19. The fourth-order valence-corrected chi connectivity index (χ4v) is 2.67. The van der Waals surface area contributed by atoms with E-state index in [9.17, 15) is 0 Å². The van der Waals surface area contributed by atoms with Crippen molar-refractivity contribution in [3.63, 3.8) is 0 Å². The summed E-state index contributed by atoms with van der Waals surface area (Å²) in [4.78, 5) is 0. The van der Waals surface area contributed by atoms with Crippen LogP contribution < -0.4 is 11.1 Å². The molecule has 0 heterocycles. The van der Waals surface area contributed by atoms with Crippen LogP contribution in [0.5, 0.6) is 0 Å². The molecule has 17 heavy (non-hydrogen) atoms. The summed E-state index contributed by atoms with van der Waals surface area (Å²) in [5, 5.41) is 12.7. The fraction of sp³-hybridized carbons (Fsp3) is 0.571. The van der Waals surface area contributed by atoms with Gasteiger partial charge in [0.15, 0.2) is 0 Å². The van der Waals surface area contributed by atoms with Crippen LogP contribution in [-0.4, -0.2) is 17.7 Å². The first-order valence-corrected chi connectivity index (χ1v) is 6.45. The Labute approximate surface area is 103 Å². The highest BCUT2D eigenvalue weighted by Crippen LogP contribution is 2.24. The zero-order valence-corrected chi connectivity index (χ0v) is 10.2. The summed E-state index contributed by atoms with van der Waals surface area (Å²) in [7, 11) is 0. The van der Waals surface area contributed by atoms with E-state index in [1.165, 1.54) is 24.8 Å². The molecule has 2 unspecified atom stereocenters. The number of hydrogen-bond acceptors (Lipinski definition) is 3. The van der Waals surface area contributed by atoms with Crippen molar-refractivity contribution >= 4 is 0 Å². The fourth-order valence-electron chi connectivity index (χ4n) is 2.67. The largest absolute Gasteiger partial charge is 0.392 e. The van der Waals surface area contributed by atoms with Gasteiger partial charge < -0.3 is 16.2 Å². The average Bonchev–Trinajstić information content (AvgIpc) is 2.84. The van der Waals surface area contributed by atoms with Crippen molar-refractivity contribution in [3.05, 3.63) is 35.4 Å². The molecule has 1 aliphatic rings. The van der Waals surface area contributed by atoms with Crippen LogP contribution in [-0.2, 0) is 13.2 Å². The summed E-state index contributed by atoms with van der Waals surface area (Å²) < 4.78 is 0. The Morgan fingerprint density at radius 1 is 1.29 bits per heavy atom. The van der Waals surface area contributed by atoms with Gasteiger partial charge in [-0.25, -0.2) is 0 Å². The van der Waals surface area contributed by atoms with E-state index in [0.717, 1.165) is 18.7 Å². The number of hydrogen-bond donors (Lipinski definition) is 3. The molecule has 0 bridgehead atoms. The van der Waals surface area contributed by atoms with E-state index in [1.807, 2.05) is 12.1 Å². The van der Waals surface area contributed by atoms with Gasteiger partial charge in [-0.1, -0.05) is 30.7 Å². The van der Waals surface area contributed by atoms with Crippen LogP contribution in [0.2, 0.25) is 0 Å². The molecule has 1 aromatic carbocycles. The molecular formula is C14H22N2O. The minimum Gasteiger partial charge on any atom is -0.392 e. The second-order valence-corrected chi connectivity index (χ2v) is 4.89. The minimum atomic E-state index is 0.114. The number of nitrogens with two attached hydrogens (primary N) is 1. The molecule has 0 spiro atoms. The Kier molecular flexibility index (Phi) is 4.54. The van der Waals surface area contributed by atoms with Crippen LogP contribution in [0.1, 0.15) is 30.4 Å². The van der Waals surface area contributed by atoms with Gasteiger partial charge in [0.25, 0.3) is 0 Å². The van der Waals surface area contributed by atoms with Crippen LogP contribution in [0, 0.1) is 5.92 Å². The SMILES string of the molecule is NCC1CCCC1NCc1cccc(CO)c1. The number of aliphatic hydroxyl groups excluding tert-OH is 1. The third kappa shape index (κ3) is 3.28. The van der Waals surface area contributed by atoms with Crippen LogP contribution in [0.25, 0.3) is 0 Å². The summed E-state index contributed by atoms with van der Waals surface area (Å²) in [5.41, 5.74) is 7.98.